The molecule has 5 nitrogen and oxygen atoms in total. The van der Waals surface area contributed by atoms with E-state index >= 15 is 0 Å². The number of carbonyl (C=O) groups excluding carboxylic acids is 1. The van der Waals surface area contributed by atoms with Gasteiger partial charge in [0.1, 0.15) is 11.6 Å². The molecule has 126 valence electrons. The van der Waals surface area contributed by atoms with Crippen LogP contribution in [0.4, 0.5) is 17.2 Å². The van der Waals surface area contributed by atoms with Gasteiger partial charge in [0.2, 0.25) is 0 Å². The quantitative estimate of drug-likeness (QED) is 0.727. The van der Waals surface area contributed by atoms with Gasteiger partial charge in [-0.2, -0.15) is 0 Å². The second-order valence-corrected chi connectivity index (χ2v) is 5.60. The molecule has 5 heteroatoms. The Morgan fingerprint density at radius 1 is 0.960 bits per heavy atom. The summed E-state index contributed by atoms with van der Waals surface area (Å²) in [4.78, 5) is 16.7. The molecule has 0 aliphatic rings. The Kier molecular flexibility index (Phi) is 4.95. The number of anilines is 3. The van der Waals surface area contributed by atoms with Crippen LogP contribution in [0.1, 0.15) is 15.9 Å². The van der Waals surface area contributed by atoms with Crippen molar-refractivity contribution in [2.75, 3.05) is 17.7 Å². The number of amides is 1. The first-order valence-electron chi connectivity index (χ1n) is 7.89. The summed E-state index contributed by atoms with van der Waals surface area (Å²) in [6.07, 6.45) is 1.61. The number of methoxy groups -OCH3 is 1. The standard InChI is InChI=1S/C20H19N3O2/c1-14-3-5-16(6-4-14)22-19-13-15(11-12-21-19)20(24)23-17-7-9-18(25-2)10-8-17/h3-13H,1-2H3,(H,21,22)(H,23,24). The number of ether oxygens (including phenoxy) is 1. The molecule has 0 bridgehead atoms. The maximum Gasteiger partial charge on any atom is 0.255 e. The van der Waals surface area contributed by atoms with E-state index in [1.165, 1.54) is 5.56 Å². The Morgan fingerprint density at radius 2 is 1.64 bits per heavy atom. The van der Waals surface area contributed by atoms with E-state index in [0.717, 1.165) is 11.4 Å². The largest absolute Gasteiger partial charge is 0.497 e. The van der Waals surface area contributed by atoms with Crippen LogP contribution in [0.25, 0.3) is 0 Å². The fourth-order valence-corrected chi connectivity index (χ4v) is 2.30. The van der Waals surface area contributed by atoms with Crippen molar-refractivity contribution in [3.8, 4) is 5.75 Å². The van der Waals surface area contributed by atoms with Crippen molar-refractivity contribution >= 4 is 23.1 Å². The van der Waals surface area contributed by atoms with E-state index < -0.39 is 0 Å². The summed E-state index contributed by atoms with van der Waals surface area (Å²) in [6.45, 7) is 2.03. The molecular formula is C20H19N3O2. The van der Waals surface area contributed by atoms with Crippen LogP contribution < -0.4 is 15.4 Å². The number of benzene rings is 2. The summed E-state index contributed by atoms with van der Waals surface area (Å²) in [5, 5.41) is 6.06. The van der Waals surface area contributed by atoms with E-state index in [9.17, 15) is 4.79 Å². The fourth-order valence-electron chi connectivity index (χ4n) is 2.30. The minimum Gasteiger partial charge on any atom is -0.497 e. The molecule has 1 amide bonds. The van der Waals surface area contributed by atoms with Crippen LogP contribution in [0.15, 0.2) is 66.9 Å². The van der Waals surface area contributed by atoms with Crippen LogP contribution in [-0.2, 0) is 0 Å². The zero-order chi connectivity index (χ0) is 17.6. The molecule has 1 heterocycles. The SMILES string of the molecule is COc1ccc(NC(=O)c2ccnc(Nc3ccc(C)cc3)c2)cc1. The molecule has 3 aromatic rings. The summed E-state index contributed by atoms with van der Waals surface area (Å²) in [6, 6.07) is 18.6. The lowest BCUT2D eigenvalue weighted by Crippen LogP contribution is -2.12. The normalized spacial score (nSPS) is 10.2. The Hall–Kier alpha value is -3.34. The molecule has 0 spiro atoms. The van der Waals surface area contributed by atoms with Gasteiger partial charge in [-0.25, -0.2) is 4.98 Å². The second kappa shape index (κ2) is 7.49. The maximum atomic E-state index is 12.4. The van der Waals surface area contributed by atoms with E-state index in [-0.39, 0.29) is 5.91 Å². The third-order valence-electron chi connectivity index (χ3n) is 3.69. The highest BCUT2D eigenvalue weighted by molar-refractivity contribution is 6.04. The number of rotatable bonds is 5. The van der Waals surface area contributed by atoms with Gasteiger partial charge in [-0.1, -0.05) is 17.7 Å². The van der Waals surface area contributed by atoms with Crippen LogP contribution in [0.2, 0.25) is 0 Å². The minimum atomic E-state index is -0.195. The molecule has 0 fully saturated rings. The molecule has 3 rings (SSSR count). The van der Waals surface area contributed by atoms with Gasteiger partial charge in [-0.3, -0.25) is 4.79 Å². The molecule has 0 unspecified atom stereocenters. The Bertz CT molecular complexity index is 859. The van der Waals surface area contributed by atoms with Crippen molar-refractivity contribution in [2.45, 2.75) is 6.92 Å². The average Bonchev–Trinajstić information content (AvgIpc) is 2.64. The van der Waals surface area contributed by atoms with Gasteiger partial charge in [-0.05, 0) is 55.5 Å². The highest BCUT2D eigenvalue weighted by Gasteiger charge is 2.08. The number of aromatic nitrogens is 1. The third kappa shape index (κ3) is 4.35. The van der Waals surface area contributed by atoms with Crippen molar-refractivity contribution in [1.82, 2.24) is 4.98 Å². The van der Waals surface area contributed by atoms with Gasteiger partial charge >= 0.3 is 0 Å². The predicted octanol–water partition coefficient (Wildman–Crippen LogP) is 4.39. The van der Waals surface area contributed by atoms with Crippen molar-refractivity contribution in [1.29, 1.82) is 0 Å². The van der Waals surface area contributed by atoms with Crippen LogP contribution in [0, 0.1) is 6.92 Å². The van der Waals surface area contributed by atoms with Gasteiger partial charge in [0.25, 0.3) is 5.91 Å². The van der Waals surface area contributed by atoms with Crippen molar-refractivity contribution in [3.63, 3.8) is 0 Å². The second-order valence-electron chi connectivity index (χ2n) is 5.60. The molecule has 0 atom stereocenters. The third-order valence-corrected chi connectivity index (χ3v) is 3.69. The van der Waals surface area contributed by atoms with Gasteiger partial charge in [-0.15, -0.1) is 0 Å². The first-order chi connectivity index (χ1) is 12.1. The maximum absolute atomic E-state index is 12.4. The van der Waals surface area contributed by atoms with E-state index in [1.807, 2.05) is 31.2 Å². The first kappa shape index (κ1) is 16.5. The van der Waals surface area contributed by atoms with Crippen molar-refractivity contribution in [3.05, 3.63) is 78.0 Å². The molecule has 0 aliphatic carbocycles. The van der Waals surface area contributed by atoms with Crippen LogP contribution in [-0.4, -0.2) is 18.0 Å². The summed E-state index contributed by atoms with van der Waals surface area (Å²) in [7, 11) is 1.60. The lowest BCUT2D eigenvalue weighted by molar-refractivity contribution is 0.102. The number of pyridine rings is 1. The highest BCUT2D eigenvalue weighted by atomic mass is 16.5. The van der Waals surface area contributed by atoms with E-state index in [2.05, 4.69) is 15.6 Å². The Labute approximate surface area is 146 Å². The molecule has 0 radical (unpaired) electrons. The Morgan fingerprint density at radius 3 is 2.32 bits per heavy atom. The number of aryl methyl sites for hydroxylation is 1. The topological polar surface area (TPSA) is 63.2 Å². The predicted molar refractivity (Wildman–Crippen MR) is 99.6 cm³/mol. The summed E-state index contributed by atoms with van der Waals surface area (Å²) >= 11 is 0. The molecule has 0 saturated carbocycles. The molecule has 2 aromatic carbocycles. The molecule has 2 N–H and O–H groups in total. The monoisotopic (exact) mass is 333 g/mol. The average molecular weight is 333 g/mol. The molecule has 0 saturated heterocycles. The van der Waals surface area contributed by atoms with Gasteiger partial charge in [0.15, 0.2) is 0 Å². The number of hydrogen-bond donors (Lipinski definition) is 2. The molecule has 0 aliphatic heterocycles. The van der Waals surface area contributed by atoms with Gasteiger partial charge in [0, 0.05) is 23.1 Å². The first-order valence-corrected chi connectivity index (χ1v) is 7.89. The van der Waals surface area contributed by atoms with Crippen LogP contribution in [0.5, 0.6) is 5.75 Å². The van der Waals surface area contributed by atoms with E-state index in [0.29, 0.717) is 17.1 Å². The minimum absolute atomic E-state index is 0.195. The summed E-state index contributed by atoms with van der Waals surface area (Å²) in [5.74, 6) is 1.16. The summed E-state index contributed by atoms with van der Waals surface area (Å²) in [5.41, 5.74) is 3.34. The molecule has 25 heavy (non-hydrogen) atoms. The zero-order valence-corrected chi connectivity index (χ0v) is 14.1. The number of hydrogen-bond acceptors (Lipinski definition) is 4. The molecule has 1 aromatic heterocycles. The van der Waals surface area contributed by atoms with Crippen LogP contribution in [0.3, 0.4) is 0 Å². The van der Waals surface area contributed by atoms with Crippen molar-refractivity contribution < 1.29 is 9.53 Å². The number of carbonyl (C=O) groups is 1. The Balaban J connectivity index is 1.71. The smallest absolute Gasteiger partial charge is 0.255 e. The van der Waals surface area contributed by atoms with E-state index in [1.54, 1.807) is 49.7 Å². The molecular weight excluding hydrogens is 314 g/mol. The highest BCUT2D eigenvalue weighted by Crippen LogP contribution is 2.18. The van der Waals surface area contributed by atoms with Crippen LogP contribution >= 0.6 is 0 Å². The van der Waals surface area contributed by atoms with Crippen molar-refractivity contribution in [2.24, 2.45) is 0 Å². The number of nitrogens with one attached hydrogen (secondary N) is 2. The fraction of sp³-hybridized carbons (Fsp3) is 0.100. The lowest BCUT2D eigenvalue weighted by atomic mass is 10.2. The zero-order valence-electron chi connectivity index (χ0n) is 14.1. The van der Waals surface area contributed by atoms with Gasteiger partial charge < -0.3 is 15.4 Å². The van der Waals surface area contributed by atoms with E-state index in [4.69, 9.17) is 4.74 Å². The number of nitrogens with zero attached hydrogens (tertiary/aromatic N) is 1. The summed E-state index contributed by atoms with van der Waals surface area (Å²) < 4.78 is 5.11. The lowest BCUT2D eigenvalue weighted by Gasteiger charge is -2.09. The van der Waals surface area contributed by atoms with Gasteiger partial charge in [0.05, 0.1) is 7.11 Å².